The van der Waals surface area contributed by atoms with Crippen molar-refractivity contribution in [1.29, 1.82) is 0 Å². The van der Waals surface area contributed by atoms with Crippen LogP contribution < -0.4 is 11.1 Å². The summed E-state index contributed by atoms with van der Waals surface area (Å²) in [6.45, 7) is 6.04. The molecule has 0 aromatic carbocycles. The Kier molecular flexibility index (Phi) is 6.03. The lowest BCUT2D eigenvalue weighted by Gasteiger charge is -2.40. The molecule has 1 saturated heterocycles. The van der Waals surface area contributed by atoms with Gasteiger partial charge in [-0.1, -0.05) is 13.8 Å². The Morgan fingerprint density at radius 1 is 1.17 bits per heavy atom. The third-order valence-corrected chi connectivity index (χ3v) is 6.16. The van der Waals surface area contributed by atoms with Crippen LogP contribution in [-0.2, 0) is 4.74 Å². The summed E-state index contributed by atoms with van der Waals surface area (Å²) in [5, 5.41) is 3.11. The molecule has 0 spiro atoms. The fraction of sp³-hybridized carbons (Fsp3) is 0.947. The minimum atomic E-state index is 0.0281. The zero-order chi connectivity index (χ0) is 17.1. The molecule has 1 heterocycles. The summed E-state index contributed by atoms with van der Waals surface area (Å²) in [7, 11) is 0. The number of nitrogens with one attached hydrogen (secondary N) is 1. The largest absolute Gasteiger partial charge is 0.376 e. The maximum atomic E-state index is 12.5. The van der Waals surface area contributed by atoms with Gasteiger partial charge >= 0.3 is 6.03 Å². The van der Waals surface area contributed by atoms with Crippen LogP contribution in [0.15, 0.2) is 0 Å². The summed E-state index contributed by atoms with van der Waals surface area (Å²) < 4.78 is 6.22. The molecule has 2 saturated carbocycles. The molecular formula is C19H35N3O2. The highest BCUT2D eigenvalue weighted by Gasteiger charge is 2.35. The third kappa shape index (κ3) is 4.63. The van der Waals surface area contributed by atoms with E-state index in [0.717, 1.165) is 56.9 Å². The number of hydrogen-bond acceptors (Lipinski definition) is 3. The number of nitrogens with two attached hydrogens (primary N) is 1. The molecule has 2 amide bonds. The van der Waals surface area contributed by atoms with Gasteiger partial charge in [0.05, 0.1) is 18.8 Å². The number of urea groups is 1. The first-order valence-electron chi connectivity index (χ1n) is 9.99. The van der Waals surface area contributed by atoms with E-state index >= 15 is 0 Å². The van der Waals surface area contributed by atoms with Crippen LogP contribution in [0.2, 0.25) is 0 Å². The molecule has 2 unspecified atom stereocenters. The van der Waals surface area contributed by atoms with Crippen LogP contribution in [0.1, 0.15) is 65.2 Å². The topological polar surface area (TPSA) is 67.6 Å². The average molecular weight is 338 g/mol. The van der Waals surface area contributed by atoms with Gasteiger partial charge in [-0.05, 0) is 63.2 Å². The number of carbonyl (C=O) groups is 1. The number of piperidine rings is 1. The fourth-order valence-electron chi connectivity index (χ4n) is 4.19. The molecule has 3 N–H and O–H groups in total. The summed E-state index contributed by atoms with van der Waals surface area (Å²) >= 11 is 0. The van der Waals surface area contributed by atoms with Crippen molar-refractivity contribution >= 4 is 6.03 Å². The van der Waals surface area contributed by atoms with E-state index in [0.29, 0.717) is 18.8 Å². The molecule has 0 bridgehead atoms. The Morgan fingerprint density at radius 3 is 2.50 bits per heavy atom. The van der Waals surface area contributed by atoms with Crippen molar-refractivity contribution in [3.63, 3.8) is 0 Å². The number of likely N-dealkylation sites (tertiary alicyclic amines) is 1. The second-order valence-electron chi connectivity index (χ2n) is 8.40. The summed E-state index contributed by atoms with van der Waals surface area (Å²) in [5.41, 5.74) is 6.33. The van der Waals surface area contributed by atoms with E-state index in [9.17, 15) is 4.79 Å². The molecule has 24 heavy (non-hydrogen) atoms. The van der Waals surface area contributed by atoms with Gasteiger partial charge in [-0.3, -0.25) is 0 Å². The van der Waals surface area contributed by atoms with Crippen molar-refractivity contribution in [2.45, 2.75) is 89.4 Å². The maximum absolute atomic E-state index is 12.5. The summed E-state index contributed by atoms with van der Waals surface area (Å²) in [4.78, 5) is 14.4. The SMILES string of the molecule is CC(C)C1CCC(OCC2C(N)CCCN2C(=O)NC2CC2)CC1. The fourth-order valence-corrected chi connectivity index (χ4v) is 4.19. The van der Waals surface area contributed by atoms with E-state index in [-0.39, 0.29) is 18.1 Å². The van der Waals surface area contributed by atoms with Gasteiger partial charge in [-0.15, -0.1) is 0 Å². The molecular weight excluding hydrogens is 302 g/mol. The van der Waals surface area contributed by atoms with Gasteiger partial charge in [-0.2, -0.15) is 0 Å². The minimum absolute atomic E-state index is 0.0281. The molecule has 138 valence electrons. The van der Waals surface area contributed by atoms with E-state index in [1.807, 2.05) is 4.90 Å². The van der Waals surface area contributed by atoms with Crippen LogP contribution in [0.25, 0.3) is 0 Å². The summed E-state index contributed by atoms with van der Waals surface area (Å²) in [6, 6.07) is 0.518. The van der Waals surface area contributed by atoms with E-state index < -0.39 is 0 Å². The Balaban J connectivity index is 1.48. The Hall–Kier alpha value is -0.810. The molecule has 5 heteroatoms. The molecule has 2 atom stereocenters. The molecule has 3 rings (SSSR count). The highest BCUT2D eigenvalue weighted by Crippen LogP contribution is 2.31. The first kappa shape index (κ1) is 18.0. The van der Waals surface area contributed by atoms with Crippen LogP contribution >= 0.6 is 0 Å². The van der Waals surface area contributed by atoms with Crippen LogP contribution in [0.3, 0.4) is 0 Å². The quantitative estimate of drug-likeness (QED) is 0.810. The normalized spacial score (nSPS) is 34.4. The van der Waals surface area contributed by atoms with Crippen molar-refractivity contribution < 1.29 is 9.53 Å². The monoisotopic (exact) mass is 337 g/mol. The smallest absolute Gasteiger partial charge is 0.317 e. The molecule has 0 aromatic heterocycles. The second-order valence-corrected chi connectivity index (χ2v) is 8.40. The number of nitrogens with zero attached hydrogens (tertiary/aromatic N) is 1. The van der Waals surface area contributed by atoms with Gasteiger partial charge in [0, 0.05) is 18.6 Å². The van der Waals surface area contributed by atoms with E-state index in [1.54, 1.807) is 0 Å². The molecule has 0 radical (unpaired) electrons. The third-order valence-electron chi connectivity index (χ3n) is 6.16. The Labute approximate surface area is 146 Å². The Bertz CT molecular complexity index is 417. The average Bonchev–Trinajstić information content (AvgIpc) is 3.37. The van der Waals surface area contributed by atoms with Gasteiger partial charge in [0.25, 0.3) is 0 Å². The zero-order valence-corrected chi connectivity index (χ0v) is 15.4. The molecule has 1 aliphatic heterocycles. The predicted octanol–water partition coefficient (Wildman–Crippen LogP) is 2.88. The minimum Gasteiger partial charge on any atom is -0.376 e. The number of hydrogen-bond donors (Lipinski definition) is 2. The van der Waals surface area contributed by atoms with Crippen molar-refractivity contribution in [3.8, 4) is 0 Å². The number of ether oxygens (including phenoxy) is 1. The van der Waals surface area contributed by atoms with E-state index in [2.05, 4.69) is 19.2 Å². The predicted molar refractivity (Wildman–Crippen MR) is 95.8 cm³/mol. The lowest BCUT2D eigenvalue weighted by atomic mass is 9.80. The van der Waals surface area contributed by atoms with E-state index in [4.69, 9.17) is 10.5 Å². The van der Waals surface area contributed by atoms with Crippen molar-refractivity contribution in [2.75, 3.05) is 13.2 Å². The first-order valence-corrected chi connectivity index (χ1v) is 9.99. The van der Waals surface area contributed by atoms with Gasteiger partial charge in [0.15, 0.2) is 0 Å². The van der Waals surface area contributed by atoms with Crippen LogP contribution in [0.5, 0.6) is 0 Å². The second kappa shape index (κ2) is 8.05. The summed E-state index contributed by atoms with van der Waals surface area (Å²) in [6.07, 6.45) is 9.41. The van der Waals surface area contributed by atoms with Gasteiger partial charge in [-0.25, -0.2) is 4.79 Å². The van der Waals surface area contributed by atoms with Crippen LogP contribution in [-0.4, -0.2) is 48.3 Å². The molecule has 0 aromatic rings. The van der Waals surface area contributed by atoms with Crippen LogP contribution in [0, 0.1) is 11.8 Å². The molecule has 3 fully saturated rings. The highest BCUT2D eigenvalue weighted by molar-refractivity contribution is 5.75. The van der Waals surface area contributed by atoms with Gasteiger partial charge < -0.3 is 20.7 Å². The maximum Gasteiger partial charge on any atom is 0.317 e. The number of carbonyl (C=O) groups excluding carboxylic acids is 1. The van der Waals surface area contributed by atoms with Gasteiger partial charge in [0.1, 0.15) is 0 Å². The lowest BCUT2D eigenvalue weighted by Crippen LogP contribution is -2.59. The highest BCUT2D eigenvalue weighted by atomic mass is 16.5. The standard InChI is InChI=1S/C19H35N3O2/c1-13(2)14-5-9-16(10-6-14)24-12-18-17(20)4-3-11-22(18)19(23)21-15-7-8-15/h13-18H,3-12,20H2,1-2H3,(H,21,23). The van der Waals surface area contributed by atoms with Gasteiger partial charge in [0.2, 0.25) is 0 Å². The van der Waals surface area contributed by atoms with Crippen molar-refractivity contribution in [1.82, 2.24) is 10.2 Å². The van der Waals surface area contributed by atoms with Crippen LogP contribution in [0.4, 0.5) is 4.79 Å². The summed E-state index contributed by atoms with van der Waals surface area (Å²) in [5.74, 6) is 1.63. The zero-order valence-electron chi connectivity index (χ0n) is 15.4. The molecule has 2 aliphatic carbocycles. The Morgan fingerprint density at radius 2 is 1.88 bits per heavy atom. The van der Waals surface area contributed by atoms with Crippen molar-refractivity contribution in [3.05, 3.63) is 0 Å². The first-order chi connectivity index (χ1) is 11.5. The number of rotatable bonds is 5. The van der Waals surface area contributed by atoms with Crippen molar-refractivity contribution in [2.24, 2.45) is 17.6 Å². The number of amides is 2. The molecule has 5 nitrogen and oxygen atoms in total. The van der Waals surface area contributed by atoms with E-state index in [1.165, 1.54) is 12.8 Å². The lowest BCUT2D eigenvalue weighted by molar-refractivity contribution is -0.0228. The molecule has 3 aliphatic rings.